The van der Waals surface area contributed by atoms with Gasteiger partial charge in [-0.3, -0.25) is 9.59 Å². The zero-order chi connectivity index (χ0) is 11.6. The molecule has 2 amide bonds. The molecule has 1 saturated heterocycles. The Labute approximate surface area is 98.3 Å². The molecule has 2 N–H and O–H groups in total. The molecule has 1 aliphatic heterocycles. The topological polar surface area (TPSA) is 63.4 Å². The lowest BCUT2D eigenvalue weighted by Crippen LogP contribution is -2.49. The molecule has 86 valence electrons. The van der Waals surface area contributed by atoms with Gasteiger partial charge in [0.05, 0.1) is 10.2 Å². The van der Waals surface area contributed by atoms with Gasteiger partial charge in [0.15, 0.2) is 0 Å². The summed E-state index contributed by atoms with van der Waals surface area (Å²) in [5, 5.41) is 0. The number of nitrogens with two attached hydrogens (primary N) is 1. The van der Waals surface area contributed by atoms with Crippen molar-refractivity contribution < 1.29 is 9.59 Å². The molecular formula is C10H17BrN2O2. The Morgan fingerprint density at radius 1 is 1.47 bits per heavy atom. The summed E-state index contributed by atoms with van der Waals surface area (Å²) in [4.78, 5) is 24.7. The van der Waals surface area contributed by atoms with Gasteiger partial charge in [-0.1, -0.05) is 15.9 Å². The van der Waals surface area contributed by atoms with Crippen LogP contribution in [0.25, 0.3) is 0 Å². The Morgan fingerprint density at radius 3 is 2.53 bits per heavy atom. The second-order valence-corrected chi connectivity index (χ2v) is 6.45. The molecule has 1 fully saturated rings. The van der Waals surface area contributed by atoms with Gasteiger partial charge in [0.1, 0.15) is 0 Å². The number of hydrogen-bond acceptors (Lipinski definition) is 2. The third-order valence-electron chi connectivity index (χ3n) is 2.62. The monoisotopic (exact) mass is 276 g/mol. The Balaban J connectivity index is 2.64. The normalized spacial score (nSPS) is 22.6. The van der Waals surface area contributed by atoms with Crippen LogP contribution in [0.4, 0.5) is 0 Å². The minimum absolute atomic E-state index is 0.0217. The van der Waals surface area contributed by atoms with E-state index in [0.29, 0.717) is 6.54 Å². The predicted octanol–water partition coefficient (Wildman–Crippen LogP) is 0.884. The molecular weight excluding hydrogens is 260 g/mol. The van der Waals surface area contributed by atoms with Gasteiger partial charge in [-0.2, -0.15) is 0 Å². The highest BCUT2D eigenvalue weighted by atomic mass is 79.9. The number of piperidine rings is 1. The molecule has 1 rings (SSSR count). The van der Waals surface area contributed by atoms with Crippen LogP contribution in [0.1, 0.15) is 26.7 Å². The van der Waals surface area contributed by atoms with Gasteiger partial charge >= 0.3 is 0 Å². The van der Waals surface area contributed by atoms with Gasteiger partial charge < -0.3 is 10.6 Å². The van der Waals surface area contributed by atoms with E-state index >= 15 is 0 Å². The molecule has 5 heteroatoms. The molecule has 15 heavy (non-hydrogen) atoms. The number of alkyl halides is 1. The maximum Gasteiger partial charge on any atom is 0.238 e. The van der Waals surface area contributed by atoms with E-state index in [2.05, 4.69) is 15.9 Å². The lowest BCUT2D eigenvalue weighted by Gasteiger charge is -2.34. The summed E-state index contributed by atoms with van der Waals surface area (Å²) in [6, 6.07) is 0. The van der Waals surface area contributed by atoms with Crippen LogP contribution in [0.2, 0.25) is 0 Å². The first-order valence-electron chi connectivity index (χ1n) is 5.10. The van der Waals surface area contributed by atoms with Gasteiger partial charge in [0.25, 0.3) is 0 Å². The van der Waals surface area contributed by atoms with E-state index in [1.54, 1.807) is 4.90 Å². The van der Waals surface area contributed by atoms with Crippen molar-refractivity contribution in [3.8, 4) is 0 Å². The minimum atomic E-state index is -0.563. The molecule has 1 heterocycles. The van der Waals surface area contributed by atoms with Crippen molar-refractivity contribution in [2.75, 3.05) is 13.1 Å². The number of amides is 2. The molecule has 0 spiro atoms. The Hall–Kier alpha value is -0.580. The summed E-state index contributed by atoms with van der Waals surface area (Å²) in [7, 11) is 0. The fraction of sp³-hybridized carbons (Fsp3) is 0.800. The van der Waals surface area contributed by atoms with Gasteiger partial charge in [-0.25, -0.2) is 0 Å². The maximum atomic E-state index is 11.9. The van der Waals surface area contributed by atoms with E-state index < -0.39 is 4.32 Å². The van der Waals surface area contributed by atoms with Crippen LogP contribution >= 0.6 is 15.9 Å². The molecule has 0 aromatic carbocycles. The quantitative estimate of drug-likeness (QED) is 0.762. The molecule has 1 atom stereocenters. The van der Waals surface area contributed by atoms with Crippen molar-refractivity contribution in [3.05, 3.63) is 0 Å². The van der Waals surface area contributed by atoms with Crippen LogP contribution in [0, 0.1) is 5.92 Å². The summed E-state index contributed by atoms with van der Waals surface area (Å²) in [5.41, 5.74) is 5.25. The number of rotatable bonds is 2. The highest BCUT2D eigenvalue weighted by molar-refractivity contribution is 9.10. The zero-order valence-corrected chi connectivity index (χ0v) is 10.7. The molecule has 0 radical (unpaired) electrons. The number of hydrogen-bond donors (Lipinski definition) is 1. The van der Waals surface area contributed by atoms with E-state index in [1.807, 2.05) is 13.8 Å². The fourth-order valence-electron chi connectivity index (χ4n) is 1.77. The lowest BCUT2D eigenvalue weighted by molar-refractivity contribution is -0.136. The van der Waals surface area contributed by atoms with E-state index in [0.717, 1.165) is 19.4 Å². The second kappa shape index (κ2) is 4.51. The highest BCUT2D eigenvalue weighted by Gasteiger charge is 2.33. The van der Waals surface area contributed by atoms with Crippen molar-refractivity contribution in [2.24, 2.45) is 11.7 Å². The molecule has 1 aliphatic rings. The van der Waals surface area contributed by atoms with E-state index in [1.165, 1.54) is 0 Å². The highest BCUT2D eigenvalue weighted by Crippen LogP contribution is 2.23. The standard InChI is InChI=1S/C10H17BrN2O2/c1-10(2,11)9(15)13-5-3-4-7(6-13)8(12)14/h7H,3-6H2,1-2H3,(H2,12,14). The number of likely N-dealkylation sites (tertiary alicyclic amines) is 1. The predicted molar refractivity (Wildman–Crippen MR) is 61.5 cm³/mol. The van der Waals surface area contributed by atoms with Crippen LogP contribution in [-0.4, -0.2) is 34.1 Å². The van der Waals surface area contributed by atoms with Gasteiger partial charge in [-0.05, 0) is 26.7 Å². The SMILES string of the molecule is CC(C)(Br)C(=O)N1CCCC(C(N)=O)C1. The van der Waals surface area contributed by atoms with Crippen LogP contribution in [0.3, 0.4) is 0 Å². The van der Waals surface area contributed by atoms with Crippen molar-refractivity contribution >= 4 is 27.7 Å². The third-order valence-corrected chi connectivity index (χ3v) is 2.96. The van der Waals surface area contributed by atoms with Crippen molar-refractivity contribution in [1.82, 2.24) is 4.90 Å². The average molecular weight is 277 g/mol. The lowest BCUT2D eigenvalue weighted by atomic mass is 9.96. The molecule has 0 bridgehead atoms. The fourth-order valence-corrected chi connectivity index (χ4v) is 2.02. The zero-order valence-electron chi connectivity index (χ0n) is 9.12. The number of halogens is 1. The van der Waals surface area contributed by atoms with Crippen LogP contribution in [0.15, 0.2) is 0 Å². The number of nitrogens with zero attached hydrogens (tertiary/aromatic N) is 1. The largest absolute Gasteiger partial charge is 0.369 e. The van der Waals surface area contributed by atoms with Crippen molar-refractivity contribution in [2.45, 2.75) is 31.0 Å². The molecule has 0 saturated carbocycles. The molecule has 0 aromatic rings. The van der Waals surface area contributed by atoms with E-state index in [4.69, 9.17) is 5.73 Å². The smallest absolute Gasteiger partial charge is 0.238 e. The summed E-state index contributed by atoms with van der Waals surface area (Å²) in [6.45, 7) is 4.80. The summed E-state index contributed by atoms with van der Waals surface area (Å²) >= 11 is 3.33. The third kappa shape index (κ3) is 3.19. The van der Waals surface area contributed by atoms with Crippen LogP contribution in [0.5, 0.6) is 0 Å². The average Bonchev–Trinajstić information content (AvgIpc) is 2.15. The van der Waals surface area contributed by atoms with Crippen molar-refractivity contribution in [3.63, 3.8) is 0 Å². The Bertz CT molecular complexity index is 273. The first-order valence-corrected chi connectivity index (χ1v) is 5.89. The maximum absolute atomic E-state index is 11.9. The number of carbonyl (C=O) groups excluding carboxylic acids is 2. The molecule has 1 unspecified atom stereocenters. The summed E-state index contributed by atoms with van der Waals surface area (Å²) in [6.07, 6.45) is 1.64. The number of primary amides is 1. The summed E-state index contributed by atoms with van der Waals surface area (Å²) in [5.74, 6) is -0.467. The van der Waals surface area contributed by atoms with E-state index in [-0.39, 0.29) is 17.7 Å². The van der Waals surface area contributed by atoms with Gasteiger partial charge in [-0.15, -0.1) is 0 Å². The number of carbonyl (C=O) groups is 2. The van der Waals surface area contributed by atoms with Crippen LogP contribution in [-0.2, 0) is 9.59 Å². The first kappa shape index (κ1) is 12.5. The minimum Gasteiger partial charge on any atom is -0.369 e. The van der Waals surface area contributed by atoms with E-state index in [9.17, 15) is 9.59 Å². The Kier molecular flexibility index (Phi) is 3.76. The van der Waals surface area contributed by atoms with Gasteiger partial charge in [0, 0.05) is 13.1 Å². The van der Waals surface area contributed by atoms with Crippen molar-refractivity contribution in [1.29, 1.82) is 0 Å². The molecule has 4 nitrogen and oxygen atoms in total. The van der Waals surface area contributed by atoms with Gasteiger partial charge in [0.2, 0.25) is 11.8 Å². The first-order chi connectivity index (χ1) is 6.82. The summed E-state index contributed by atoms with van der Waals surface area (Å²) < 4.78 is -0.563. The van der Waals surface area contributed by atoms with Crippen LogP contribution < -0.4 is 5.73 Å². The second-order valence-electron chi connectivity index (χ2n) is 4.47. The molecule has 0 aromatic heterocycles. The molecule has 0 aliphatic carbocycles. The Morgan fingerprint density at radius 2 is 2.07 bits per heavy atom.